The van der Waals surface area contributed by atoms with Crippen LogP contribution in [-0.4, -0.2) is 41.7 Å². The number of carbonyl (C=O) groups excluding carboxylic acids is 1. The molecule has 6 nitrogen and oxygen atoms in total. The number of sulfone groups is 1. The van der Waals surface area contributed by atoms with E-state index in [9.17, 15) is 13.2 Å². The monoisotopic (exact) mass is 402 g/mol. The Morgan fingerprint density at radius 2 is 1.96 bits per heavy atom. The van der Waals surface area contributed by atoms with E-state index >= 15 is 0 Å². The average Bonchev–Trinajstić information content (AvgIpc) is 3.25. The highest BCUT2D eigenvalue weighted by Gasteiger charge is 2.29. The quantitative estimate of drug-likeness (QED) is 0.462. The van der Waals surface area contributed by atoms with Gasteiger partial charge in [0.25, 0.3) is 5.22 Å². The summed E-state index contributed by atoms with van der Waals surface area (Å²) in [7, 11) is -2.92. The van der Waals surface area contributed by atoms with Crippen molar-refractivity contribution < 1.29 is 17.6 Å². The van der Waals surface area contributed by atoms with Crippen molar-refractivity contribution in [1.82, 2.24) is 10.2 Å². The van der Waals surface area contributed by atoms with Crippen LogP contribution in [0.5, 0.6) is 0 Å². The molecular formula is C19H18N2O4S2. The minimum absolute atomic E-state index is 0.00145. The fraction of sp³-hybridized carbons (Fsp3) is 0.316. The zero-order valence-electron chi connectivity index (χ0n) is 14.5. The molecular weight excluding hydrogens is 384 g/mol. The maximum atomic E-state index is 12.6. The Kier molecular flexibility index (Phi) is 5.01. The number of rotatable bonds is 6. The lowest BCUT2D eigenvalue weighted by molar-refractivity contribution is 0.102. The minimum atomic E-state index is -2.92. The van der Waals surface area contributed by atoms with Crippen LogP contribution in [0.15, 0.2) is 52.1 Å². The molecule has 27 heavy (non-hydrogen) atoms. The predicted octanol–water partition coefficient (Wildman–Crippen LogP) is 3.18. The third-order valence-electron chi connectivity index (χ3n) is 4.66. The molecule has 2 heterocycles. The summed E-state index contributed by atoms with van der Waals surface area (Å²) >= 11 is 1.20. The second-order valence-corrected chi connectivity index (χ2v) is 9.83. The van der Waals surface area contributed by atoms with E-state index in [0.29, 0.717) is 29.5 Å². The lowest BCUT2D eigenvalue weighted by Crippen LogP contribution is -2.07. The van der Waals surface area contributed by atoms with E-state index < -0.39 is 9.84 Å². The van der Waals surface area contributed by atoms with E-state index in [1.165, 1.54) is 11.8 Å². The van der Waals surface area contributed by atoms with E-state index in [1.54, 1.807) is 0 Å². The number of thioether (sulfide) groups is 1. The first kappa shape index (κ1) is 18.2. The van der Waals surface area contributed by atoms with Gasteiger partial charge in [-0.1, -0.05) is 54.2 Å². The molecule has 0 bridgehead atoms. The van der Waals surface area contributed by atoms with Crippen LogP contribution in [0.25, 0.3) is 10.8 Å². The van der Waals surface area contributed by atoms with Crippen LogP contribution in [0.4, 0.5) is 0 Å². The Hall–Kier alpha value is -2.19. The number of hydrogen-bond donors (Lipinski definition) is 0. The zero-order chi connectivity index (χ0) is 18.9. The largest absolute Gasteiger partial charge is 0.416 e. The molecule has 1 fully saturated rings. The molecule has 1 saturated heterocycles. The Balaban J connectivity index is 1.39. The summed E-state index contributed by atoms with van der Waals surface area (Å²) in [4.78, 5) is 12.6. The van der Waals surface area contributed by atoms with Crippen molar-refractivity contribution in [1.29, 1.82) is 0 Å². The van der Waals surface area contributed by atoms with Gasteiger partial charge in [-0.25, -0.2) is 8.42 Å². The third-order valence-corrected chi connectivity index (χ3v) is 7.31. The summed E-state index contributed by atoms with van der Waals surface area (Å²) in [5.74, 6) is 1.07. The van der Waals surface area contributed by atoms with E-state index in [0.717, 1.165) is 10.8 Å². The molecule has 1 aliphatic heterocycles. The maximum Gasteiger partial charge on any atom is 0.277 e. The normalized spacial score (nSPS) is 18.7. The van der Waals surface area contributed by atoms with Crippen molar-refractivity contribution in [2.75, 3.05) is 17.3 Å². The zero-order valence-corrected chi connectivity index (χ0v) is 16.1. The van der Waals surface area contributed by atoms with Crippen LogP contribution in [0, 0.1) is 5.92 Å². The second-order valence-electron chi connectivity index (χ2n) is 6.67. The predicted molar refractivity (Wildman–Crippen MR) is 104 cm³/mol. The van der Waals surface area contributed by atoms with Gasteiger partial charge >= 0.3 is 0 Å². The molecule has 0 radical (unpaired) electrons. The SMILES string of the molecule is O=C(CSc1nnc(C[C@H]2CCS(=O)(=O)C2)o1)c1cccc2ccccc12. The molecule has 2 aromatic carbocycles. The molecule has 0 aliphatic carbocycles. The van der Waals surface area contributed by atoms with Crippen molar-refractivity contribution in [3.63, 3.8) is 0 Å². The minimum Gasteiger partial charge on any atom is -0.416 e. The smallest absolute Gasteiger partial charge is 0.277 e. The molecule has 3 aromatic rings. The van der Waals surface area contributed by atoms with Gasteiger partial charge in [-0.2, -0.15) is 0 Å². The number of Topliss-reactive ketones (excluding diaryl/α,β-unsaturated/α-hetero) is 1. The van der Waals surface area contributed by atoms with Crippen LogP contribution < -0.4 is 0 Å². The highest BCUT2D eigenvalue weighted by Crippen LogP contribution is 2.25. The van der Waals surface area contributed by atoms with Crippen LogP contribution in [0.2, 0.25) is 0 Å². The Labute approximate surface area is 161 Å². The second kappa shape index (κ2) is 7.44. The van der Waals surface area contributed by atoms with Crippen molar-refractivity contribution in [2.24, 2.45) is 5.92 Å². The molecule has 1 aromatic heterocycles. The highest BCUT2D eigenvalue weighted by molar-refractivity contribution is 7.99. The van der Waals surface area contributed by atoms with Gasteiger partial charge in [-0.05, 0) is 23.1 Å². The van der Waals surface area contributed by atoms with E-state index in [1.807, 2.05) is 42.5 Å². The Morgan fingerprint density at radius 3 is 2.78 bits per heavy atom. The van der Waals surface area contributed by atoms with Crippen LogP contribution in [0.3, 0.4) is 0 Å². The maximum absolute atomic E-state index is 12.6. The molecule has 8 heteroatoms. The van der Waals surface area contributed by atoms with Gasteiger partial charge < -0.3 is 4.42 Å². The summed E-state index contributed by atoms with van der Waals surface area (Å²) in [6, 6.07) is 13.5. The van der Waals surface area contributed by atoms with Gasteiger partial charge in [-0.3, -0.25) is 4.79 Å². The first-order valence-electron chi connectivity index (χ1n) is 8.67. The molecule has 0 spiro atoms. The summed E-state index contributed by atoms with van der Waals surface area (Å²) in [6.07, 6.45) is 1.09. The van der Waals surface area contributed by atoms with Crippen LogP contribution in [-0.2, 0) is 16.3 Å². The fourth-order valence-electron chi connectivity index (χ4n) is 3.33. The number of benzene rings is 2. The molecule has 4 rings (SSSR count). The van der Waals surface area contributed by atoms with Crippen LogP contribution >= 0.6 is 11.8 Å². The van der Waals surface area contributed by atoms with Gasteiger partial charge in [0, 0.05) is 12.0 Å². The van der Waals surface area contributed by atoms with Crippen LogP contribution in [0.1, 0.15) is 22.7 Å². The lowest BCUT2D eigenvalue weighted by atomic mass is 10.0. The van der Waals surface area contributed by atoms with Crippen molar-refractivity contribution in [3.05, 3.63) is 53.9 Å². The molecule has 0 amide bonds. The molecule has 1 atom stereocenters. The number of ketones is 1. The molecule has 140 valence electrons. The summed E-state index contributed by atoms with van der Waals surface area (Å²) in [5, 5.41) is 10.2. The number of nitrogens with zero attached hydrogens (tertiary/aromatic N) is 2. The van der Waals surface area contributed by atoms with Crippen molar-refractivity contribution in [3.8, 4) is 0 Å². The van der Waals surface area contributed by atoms with Gasteiger partial charge in [0.1, 0.15) is 0 Å². The molecule has 0 N–H and O–H groups in total. The standard InChI is InChI=1S/C19H18N2O4S2/c22-17(16-7-3-5-14-4-1-2-6-15(14)16)11-26-19-21-20-18(25-19)10-13-8-9-27(23,24)12-13/h1-7,13H,8-12H2/t13-/m1/s1. The number of carbonyl (C=O) groups is 1. The molecule has 1 aliphatic rings. The highest BCUT2D eigenvalue weighted by atomic mass is 32.2. The average molecular weight is 402 g/mol. The van der Waals surface area contributed by atoms with Gasteiger partial charge in [0.05, 0.1) is 17.3 Å². The van der Waals surface area contributed by atoms with E-state index in [2.05, 4.69) is 10.2 Å². The van der Waals surface area contributed by atoms with Gasteiger partial charge in [0.15, 0.2) is 15.6 Å². The summed E-state index contributed by atoms with van der Waals surface area (Å²) in [5.41, 5.74) is 0.677. The summed E-state index contributed by atoms with van der Waals surface area (Å²) < 4.78 is 28.6. The summed E-state index contributed by atoms with van der Waals surface area (Å²) in [6.45, 7) is 0. The fourth-order valence-corrected chi connectivity index (χ4v) is 5.86. The molecule has 0 saturated carbocycles. The van der Waals surface area contributed by atoms with E-state index in [4.69, 9.17) is 4.42 Å². The number of aromatic nitrogens is 2. The van der Waals surface area contributed by atoms with Crippen molar-refractivity contribution >= 4 is 38.2 Å². The number of fused-ring (bicyclic) bond motifs is 1. The van der Waals surface area contributed by atoms with E-state index in [-0.39, 0.29) is 29.0 Å². The number of hydrogen-bond acceptors (Lipinski definition) is 7. The lowest BCUT2D eigenvalue weighted by Gasteiger charge is -2.04. The van der Waals surface area contributed by atoms with Crippen molar-refractivity contribution in [2.45, 2.75) is 18.1 Å². The first-order valence-corrected chi connectivity index (χ1v) is 11.5. The Bertz CT molecular complexity index is 1090. The van der Waals surface area contributed by atoms with Gasteiger partial charge in [-0.15, -0.1) is 10.2 Å². The molecule has 0 unspecified atom stereocenters. The first-order chi connectivity index (χ1) is 13.0. The third kappa shape index (κ3) is 4.22. The topological polar surface area (TPSA) is 90.1 Å². The Morgan fingerprint density at radius 1 is 1.15 bits per heavy atom. The van der Waals surface area contributed by atoms with Gasteiger partial charge in [0.2, 0.25) is 5.89 Å².